The number of hydrogen-bond donors (Lipinski definition) is 3. The Kier molecular flexibility index (Phi) is 6.04. The molecule has 3 atom stereocenters. The van der Waals surface area contributed by atoms with Crippen LogP contribution in [-0.2, 0) is 0 Å². The van der Waals surface area contributed by atoms with Crippen LogP contribution in [0.1, 0.15) is 41.4 Å². The number of nitrogens with zero attached hydrogens (tertiary/aromatic N) is 6. The molecule has 3 fully saturated rings. The van der Waals surface area contributed by atoms with Gasteiger partial charge in [0.1, 0.15) is 12.0 Å². The highest BCUT2D eigenvalue weighted by atomic mass is 16.3. The van der Waals surface area contributed by atoms with Crippen LogP contribution in [0.3, 0.4) is 0 Å². The van der Waals surface area contributed by atoms with Crippen LogP contribution >= 0.6 is 0 Å². The quantitative estimate of drug-likeness (QED) is 0.476. The monoisotopic (exact) mass is 458 g/mol. The fourth-order valence-electron chi connectivity index (χ4n) is 5.36. The zero-order valence-electron chi connectivity index (χ0n) is 19.6. The maximum Gasteiger partial charge on any atom is 0.158 e. The molecule has 4 N–H and O–H groups in total. The van der Waals surface area contributed by atoms with Gasteiger partial charge in [0.2, 0.25) is 0 Å². The molecule has 5 heterocycles. The average molecular weight is 459 g/mol. The molecule has 9 heteroatoms. The highest BCUT2D eigenvalue weighted by Crippen LogP contribution is 2.34. The number of fused-ring (bicyclic) bond motifs is 4. The molecule has 0 spiro atoms. The number of nitriles is 1. The first-order valence-electron chi connectivity index (χ1n) is 11.8. The topological polar surface area (TPSA) is 127 Å². The van der Waals surface area contributed by atoms with Gasteiger partial charge in [0, 0.05) is 48.7 Å². The number of aliphatic hydroxyl groups is 1. The normalized spacial score (nSPS) is 21.0. The fraction of sp³-hybridized carbons (Fsp3) is 0.440. The van der Waals surface area contributed by atoms with Crippen molar-refractivity contribution in [2.45, 2.75) is 44.9 Å². The lowest BCUT2D eigenvalue weighted by Crippen LogP contribution is -2.63. The van der Waals surface area contributed by atoms with Gasteiger partial charge in [0.25, 0.3) is 0 Å². The van der Waals surface area contributed by atoms with Crippen LogP contribution in [0.2, 0.25) is 0 Å². The van der Waals surface area contributed by atoms with E-state index in [0.29, 0.717) is 23.5 Å². The number of rotatable bonds is 6. The predicted molar refractivity (Wildman–Crippen MR) is 131 cm³/mol. The first kappa shape index (κ1) is 22.5. The fourth-order valence-corrected chi connectivity index (χ4v) is 5.36. The second-order valence-corrected chi connectivity index (χ2v) is 9.23. The van der Waals surface area contributed by atoms with Gasteiger partial charge in [0.05, 0.1) is 23.9 Å². The van der Waals surface area contributed by atoms with Gasteiger partial charge >= 0.3 is 0 Å². The lowest BCUT2D eigenvalue weighted by atomic mass is 9.90. The number of aliphatic hydroxyl groups excluding tert-OH is 1. The Labute approximate surface area is 199 Å². The van der Waals surface area contributed by atoms with E-state index in [4.69, 9.17) is 10.7 Å². The number of anilines is 2. The number of piperazine rings is 1. The molecule has 2 bridgehead atoms. The molecule has 3 aliphatic heterocycles. The third-order valence-electron chi connectivity index (χ3n) is 7.28. The molecule has 1 aromatic carbocycles. The smallest absolute Gasteiger partial charge is 0.158 e. The number of piperidine rings is 2. The first-order valence-corrected chi connectivity index (χ1v) is 11.8. The van der Waals surface area contributed by atoms with Crippen LogP contribution in [-0.4, -0.2) is 63.5 Å². The van der Waals surface area contributed by atoms with Crippen molar-refractivity contribution in [3.8, 4) is 6.07 Å². The van der Waals surface area contributed by atoms with Gasteiger partial charge in [-0.3, -0.25) is 4.90 Å². The summed E-state index contributed by atoms with van der Waals surface area (Å²) in [6.07, 6.45) is 3.62. The van der Waals surface area contributed by atoms with E-state index in [0.717, 1.165) is 65.9 Å². The van der Waals surface area contributed by atoms with Gasteiger partial charge in [-0.25, -0.2) is 4.98 Å². The molecular formula is C25H30N8O. The number of nitrogens with one attached hydrogen (secondary N) is 1. The van der Waals surface area contributed by atoms with Crippen molar-refractivity contribution in [2.24, 2.45) is 5.73 Å². The van der Waals surface area contributed by atoms with Crippen LogP contribution in [0.15, 0.2) is 30.5 Å². The summed E-state index contributed by atoms with van der Waals surface area (Å²) in [6, 6.07) is 10.7. The molecule has 0 unspecified atom stereocenters. The summed E-state index contributed by atoms with van der Waals surface area (Å²) in [6.45, 7) is 6.61. The van der Waals surface area contributed by atoms with Crippen LogP contribution in [0, 0.1) is 25.2 Å². The van der Waals surface area contributed by atoms with E-state index in [2.05, 4.69) is 37.4 Å². The molecule has 3 aromatic rings. The van der Waals surface area contributed by atoms with E-state index in [-0.39, 0.29) is 6.61 Å². The van der Waals surface area contributed by atoms with Gasteiger partial charge in [-0.05, 0) is 49.9 Å². The molecule has 34 heavy (non-hydrogen) atoms. The van der Waals surface area contributed by atoms with Crippen molar-refractivity contribution in [2.75, 3.05) is 36.5 Å². The molecule has 0 aliphatic carbocycles. The number of nitrogens with two attached hydrogens (primary N) is 1. The summed E-state index contributed by atoms with van der Waals surface area (Å²) in [5.41, 5.74) is 9.64. The van der Waals surface area contributed by atoms with Gasteiger partial charge in [-0.2, -0.15) is 10.4 Å². The zero-order chi connectivity index (χ0) is 23.8. The first-order chi connectivity index (χ1) is 16.5. The minimum absolute atomic E-state index is 0.196. The standard InChI is InChI=1S/C25H30N8O/c1-15-17(11-26)4-3-5-20(15)24(27)29-25-21-10-23(28-12-22(21)16(2)30-31-25)33-14-18-6-7-19(33)13-32(18)8-9-34/h3-5,10,12,18-19,24,34H,6-9,13-14,27H2,1-2H3,(H,29,31)/t18-,19-,24+/m1/s1. The van der Waals surface area contributed by atoms with Crippen LogP contribution in [0.5, 0.6) is 0 Å². The summed E-state index contributed by atoms with van der Waals surface area (Å²) < 4.78 is 0. The maximum absolute atomic E-state index is 9.39. The van der Waals surface area contributed by atoms with Gasteiger partial charge in [0.15, 0.2) is 5.82 Å². The molecule has 6 rings (SSSR count). The summed E-state index contributed by atoms with van der Waals surface area (Å²) in [7, 11) is 0. The minimum atomic E-state index is -0.539. The average Bonchev–Trinajstić information content (AvgIpc) is 2.86. The van der Waals surface area contributed by atoms with Crippen molar-refractivity contribution < 1.29 is 5.11 Å². The lowest BCUT2D eigenvalue weighted by molar-refractivity contribution is 0.0762. The van der Waals surface area contributed by atoms with Crippen molar-refractivity contribution >= 4 is 22.4 Å². The Hall–Kier alpha value is -3.32. The summed E-state index contributed by atoms with van der Waals surface area (Å²) in [5, 5.41) is 32.7. The molecule has 0 saturated carbocycles. The van der Waals surface area contributed by atoms with Gasteiger partial charge in [-0.1, -0.05) is 12.1 Å². The number of benzene rings is 1. The lowest BCUT2D eigenvalue weighted by Gasteiger charge is -2.52. The van der Waals surface area contributed by atoms with Crippen molar-refractivity contribution in [1.29, 1.82) is 5.26 Å². The highest BCUT2D eigenvalue weighted by Gasteiger charge is 2.39. The zero-order valence-corrected chi connectivity index (χ0v) is 19.6. The Bertz CT molecular complexity index is 1260. The minimum Gasteiger partial charge on any atom is -0.395 e. The second-order valence-electron chi connectivity index (χ2n) is 9.23. The van der Waals surface area contributed by atoms with E-state index in [9.17, 15) is 10.4 Å². The third-order valence-corrected chi connectivity index (χ3v) is 7.28. The van der Waals surface area contributed by atoms with Gasteiger partial charge < -0.3 is 21.1 Å². The van der Waals surface area contributed by atoms with E-state index in [1.807, 2.05) is 32.2 Å². The molecule has 0 radical (unpaired) electrons. The highest BCUT2D eigenvalue weighted by molar-refractivity contribution is 5.94. The molecule has 2 aromatic heterocycles. The van der Waals surface area contributed by atoms with E-state index in [1.54, 1.807) is 6.07 Å². The molecule has 176 valence electrons. The maximum atomic E-state index is 9.39. The van der Waals surface area contributed by atoms with Crippen molar-refractivity contribution in [3.05, 3.63) is 52.8 Å². The second kappa shape index (κ2) is 9.14. The van der Waals surface area contributed by atoms with E-state index >= 15 is 0 Å². The number of hydrogen-bond acceptors (Lipinski definition) is 9. The van der Waals surface area contributed by atoms with E-state index < -0.39 is 6.17 Å². The summed E-state index contributed by atoms with van der Waals surface area (Å²) in [5.74, 6) is 1.53. The molecule has 0 amide bonds. The van der Waals surface area contributed by atoms with Crippen LogP contribution in [0.4, 0.5) is 11.6 Å². The van der Waals surface area contributed by atoms with Crippen LogP contribution in [0.25, 0.3) is 10.8 Å². The summed E-state index contributed by atoms with van der Waals surface area (Å²) in [4.78, 5) is 9.58. The largest absolute Gasteiger partial charge is 0.395 e. The SMILES string of the molecule is Cc1c(C#N)cccc1[C@@H](N)Nc1nnc(C)c2cnc(N3C[C@H]4CC[C@@H]3CN4CCO)cc12. The predicted octanol–water partition coefficient (Wildman–Crippen LogP) is 2.23. The Balaban J connectivity index is 1.47. The van der Waals surface area contributed by atoms with Crippen molar-refractivity contribution in [3.63, 3.8) is 0 Å². The van der Waals surface area contributed by atoms with Crippen LogP contribution < -0.4 is 16.0 Å². The Morgan fingerprint density at radius 1 is 1.21 bits per heavy atom. The van der Waals surface area contributed by atoms with Gasteiger partial charge in [-0.15, -0.1) is 5.10 Å². The molecule has 3 aliphatic rings. The van der Waals surface area contributed by atoms with Crippen molar-refractivity contribution in [1.82, 2.24) is 20.1 Å². The third kappa shape index (κ3) is 3.94. The number of aromatic nitrogens is 3. The number of aryl methyl sites for hydroxylation is 1. The van der Waals surface area contributed by atoms with E-state index in [1.165, 1.54) is 0 Å². The Morgan fingerprint density at radius 3 is 2.76 bits per heavy atom. The summed E-state index contributed by atoms with van der Waals surface area (Å²) >= 11 is 0. The number of pyridine rings is 1. The molecule has 9 nitrogen and oxygen atoms in total. The molecular weight excluding hydrogens is 428 g/mol. The Morgan fingerprint density at radius 2 is 2.03 bits per heavy atom. The molecule has 3 saturated heterocycles.